The molecule has 0 saturated heterocycles. The van der Waals surface area contributed by atoms with Crippen LogP contribution >= 0.6 is 0 Å². The number of halogens is 1. The maximum absolute atomic E-state index is 13.5. The van der Waals surface area contributed by atoms with Crippen LogP contribution in [-0.2, 0) is 11.3 Å². The summed E-state index contributed by atoms with van der Waals surface area (Å²) < 4.78 is 19.9. The Morgan fingerprint density at radius 2 is 2.20 bits per heavy atom. The molecule has 0 radical (unpaired) electrons. The quantitative estimate of drug-likeness (QED) is 0.765. The number of hydrogen-bond acceptors (Lipinski definition) is 5. The summed E-state index contributed by atoms with van der Waals surface area (Å²) in [7, 11) is 0. The van der Waals surface area contributed by atoms with Gasteiger partial charge in [0, 0.05) is 24.6 Å². The number of amides is 1. The Hall–Kier alpha value is -3.03. The summed E-state index contributed by atoms with van der Waals surface area (Å²) in [5.41, 5.74) is 0.343. The number of hydrogen-bond donors (Lipinski definition) is 1. The number of benzene rings is 1. The van der Waals surface area contributed by atoms with Crippen molar-refractivity contribution in [1.82, 2.24) is 20.0 Å². The molecule has 0 bridgehead atoms. The predicted molar refractivity (Wildman–Crippen MR) is 89.4 cm³/mol. The summed E-state index contributed by atoms with van der Waals surface area (Å²) in [6.07, 6.45) is 1.46. The van der Waals surface area contributed by atoms with Crippen molar-refractivity contribution in [1.29, 1.82) is 0 Å². The Morgan fingerprint density at radius 1 is 1.40 bits per heavy atom. The molecule has 130 valence electrons. The second-order valence-electron chi connectivity index (χ2n) is 5.94. The Kier molecular flexibility index (Phi) is 4.60. The van der Waals surface area contributed by atoms with E-state index in [-0.39, 0.29) is 47.3 Å². The molecule has 0 saturated carbocycles. The molecule has 1 aromatic carbocycles. The molecule has 0 aliphatic heterocycles. The van der Waals surface area contributed by atoms with Crippen LogP contribution in [0.5, 0.6) is 0 Å². The van der Waals surface area contributed by atoms with Gasteiger partial charge in [0.15, 0.2) is 0 Å². The number of fused-ring (bicyclic) bond motifs is 1. The van der Waals surface area contributed by atoms with E-state index in [2.05, 4.69) is 15.5 Å². The Balaban J connectivity index is 1.95. The summed E-state index contributed by atoms with van der Waals surface area (Å²) in [6.45, 7) is 3.90. The molecule has 1 amide bonds. The predicted octanol–water partition coefficient (Wildman–Crippen LogP) is 2.11. The highest BCUT2D eigenvalue weighted by molar-refractivity contribution is 5.88. The zero-order valence-electron chi connectivity index (χ0n) is 13.8. The second-order valence-corrected chi connectivity index (χ2v) is 5.94. The third-order valence-corrected chi connectivity index (χ3v) is 3.59. The standard InChI is InChI=1S/C17H17FN4O3/c1-10(2)20-13(23)6-7-22-9-19-16-14(17(22)24)15(21-25-16)11-4-3-5-12(18)8-11/h3-5,8-10H,6-7H2,1-2H3,(H,20,23). The van der Waals surface area contributed by atoms with Gasteiger partial charge in [-0.2, -0.15) is 0 Å². The average molecular weight is 344 g/mol. The fourth-order valence-corrected chi connectivity index (χ4v) is 2.49. The monoisotopic (exact) mass is 344 g/mol. The van der Waals surface area contributed by atoms with Crippen molar-refractivity contribution >= 4 is 17.0 Å². The highest BCUT2D eigenvalue weighted by Crippen LogP contribution is 2.24. The number of rotatable bonds is 5. The van der Waals surface area contributed by atoms with Crippen LogP contribution in [0.4, 0.5) is 4.39 Å². The van der Waals surface area contributed by atoms with Gasteiger partial charge in [-0.05, 0) is 26.0 Å². The van der Waals surface area contributed by atoms with Crippen molar-refractivity contribution in [2.75, 3.05) is 0 Å². The van der Waals surface area contributed by atoms with Gasteiger partial charge in [-0.15, -0.1) is 0 Å². The highest BCUT2D eigenvalue weighted by atomic mass is 19.1. The Bertz CT molecular complexity index is 977. The summed E-state index contributed by atoms with van der Waals surface area (Å²) >= 11 is 0. The minimum Gasteiger partial charge on any atom is -0.354 e. The Morgan fingerprint density at radius 3 is 2.92 bits per heavy atom. The normalized spacial score (nSPS) is 11.2. The lowest BCUT2D eigenvalue weighted by molar-refractivity contribution is -0.121. The van der Waals surface area contributed by atoms with Gasteiger partial charge in [-0.25, -0.2) is 9.37 Å². The molecule has 0 unspecified atom stereocenters. The van der Waals surface area contributed by atoms with Gasteiger partial charge in [0.05, 0.1) is 0 Å². The molecular weight excluding hydrogens is 327 g/mol. The maximum atomic E-state index is 13.5. The molecule has 0 atom stereocenters. The molecule has 8 heteroatoms. The smallest absolute Gasteiger partial charge is 0.266 e. The van der Waals surface area contributed by atoms with Crippen LogP contribution < -0.4 is 10.9 Å². The summed E-state index contributed by atoms with van der Waals surface area (Å²) in [5.74, 6) is -0.596. The average Bonchev–Trinajstić information content (AvgIpc) is 2.98. The van der Waals surface area contributed by atoms with E-state index in [0.717, 1.165) is 0 Å². The molecule has 7 nitrogen and oxygen atoms in total. The molecule has 1 N–H and O–H groups in total. The van der Waals surface area contributed by atoms with Crippen LogP contribution in [0.15, 0.2) is 39.9 Å². The number of nitrogens with one attached hydrogen (secondary N) is 1. The number of carbonyl (C=O) groups excluding carboxylic acids is 1. The van der Waals surface area contributed by atoms with Crippen LogP contribution in [0.3, 0.4) is 0 Å². The maximum Gasteiger partial charge on any atom is 0.266 e. The van der Waals surface area contributed by atoms with Crippen LogP contribution in [0.25, 0.3) is 22.4 Å². The van der Waals surface area contributed by atoms with Crippen molar-refractivity contribution in [2.24, 2.45) is 0 Å². The lowest BCUT2D eigenvalue weighted by atomic mass is 10.1. The minimum absolute atomic E-state index is 0.0301. The molecule has 0 aliphatic carbocycles. The molecule has 0 spiro atoms. The molecule has 3 rings (SSSR count). The molecule has 0 aliphatic rings. The molecule has 0 fully saturated rings. The fourth-order valence-electron chi connectivity index (χ4n) is 2.49. The highest BCUT2D eigenvalue weighted by Gasteiger charge is 2.17. The van der Waals surface area contributed by atoms with Crippen LogP contribution in [0.1, 0.15) is 20.3 Å². The number of aryl methyl sites for hydroxylation is 1. The SMILES string of the molecule is CC(C)NC(=O)CCn1cnc2onc(-c3cccc(F)c3)c2c1=O. The third kappa shape index (κ3) is 3.57. The van der Waals surface area contributed by atoms with Crippen LogP contribution in [-0.4, -0.2) is 26.7 Å². The van der Waals surface area contributed by atoms with Gasteiger partial charge in [0.25, 0.3) is 11.3 Å². The molecule has 2 heterocycles. The fraction of sp³-hybridized carbons (Fsp3) is 0.294. The second kappa shape index (κ2) is 6.84. The van der Waals surface area contributed by atoms with Crippen molar-refractivity contribution in [3.63, 3.8) is 0 Å². The molecule has 3 aromatic rings. The third-order valence-electron chi connectivity index (χ3n) is 3.59. The van der Waals surface area contributed by atoms with E-state index in [4.69, 9.17) is 4.52 Å². The minimum atomic E-state index is -0.441. The first kappa shape index (κ1) is 16.8. The summed E-state index contributed by atoms with van der Waals surface area (Å²) in [4.78, 5) is 28.5. The first-order valence-electron chi connectivity index (χ1n) is 7.86. The van der Waals surface area contributed by atoms with Gasteiger partial charge < -0.3 is 9.84 Å². The van der Waals surface area contributed by atoms with Crippen molar-refractivity contribution in [3.05, 3.63) is 46.8 Å². The van der Waals surface area contributed by atoms with Gasteiger partial charge >= 0.3 is 0 Å². The van der Waals surface area contributed by atoms with E-state index in [0.29, 0.717) is 5.56 Å². The van der Waals surface area contributed by atoms with Gasteiger partial charge in [0.1, 0.15) is 23.2 Å². The van der Waals surface area contributed by atoms with Crippen molar-refractivity contribution < 1.29 is 13.7 Å². The number of aromatic nitrogens is 3. The summed E-state index contributed by atoms with van der Waals surface area (Å²) in [5, 5.41) is 6.77. The first-order valence-corrected chi connectivity index (χ1v) is 7.86. The van der Waals surface area contributed by atoms with Crippen LogP contribution in [0, 0.1) is 5.82 Å². The molecular formula is C17H17FN4O3. The van der Waals surface area contributed by atoms with Crippen molar-refractivity contribution in [2.45, 2.75) is 32.9 Å². The van der Waals surface area contributed by atoms with Crippen molar-refractivity contribution in [3.8, 4) is 11.3 Å². The topological polar surface area (TPSA) is 90.0 Å². The van der Waals surface area contributed by atoms with E-state index in [1.807, 2.05) is 13.8 Å². The largest absolute Gasteiger partial charge is 0.354 e. The van der Waals surface area contributed by atoms with E-state index in [1.54, 1.807) is 6.07 Å². The van der Waals surface area contributed by atoms with E-state index in [9.17, 15) is 14.0 Å². The number of nitrogens with zero attached hydrogens (tertiary/aromatic N) is 3. The van der Waals surface area contributed by atoms with E-state index in [1.165, 1.54) is 29.1 Å². The van der Waals surface area contributed by atoms with Gasteiger partial charge in [-0.1, -0.05) is 17.3 Å². The molecule has 25 heavy (non-hydrogen) atoms. The lowest BCUT2D eigenvalue weighted by Crippen LogP contribution is -2.32. The van der Waals surface area contributed by atoms with E-state index >= 15 is 0 Å². The van der Waals surface area contributed by atoms with E-state index < -0.39 is 5.82 Å². The zero-order chi connectivity index (χ0) is 18.0. The first-order chi connectivity index (χ1) is 12.0. The van der Waals surface area contributed by atoms with Crippen LogP contribution in [0.2, 0.25) is 0 Å². The van der Waals surface area contributed by atoms with Gasteiger partial charge in [0.2, 0.25) is 5.91 Å². The molecule has 2 aromatic heterocycles. The lowest BCUT2D eigenvalue weighted by Gasteiger charge is -2.09. The zero-order valence-corrected chi connectivity index (χ0v) is 13.8. The number of carbonyl (C=O) groups is 1. The Labute approximate surface area is 142 Å². The van der Waals surface area contributed by atoms with Gasteiger partial charge in [-0.3, -0.25) is 14.2 Å². The summed E-state index contributed by atoms with van der Waals surface area (Å²) in [6, 6.07) is 5.76.